The highest BCUT2D eigenvalue weighted by molar-refractivity contribution is 7.17. The van der Waals surface area contributed by atoms with E-state index in [0.717, 1.165) is 38.7 Å². The van der Waals surface area contributed by atoms with Crippen molar-refractivity contribution in [1.82, 2.24) is 15.1 Å². The van der Waals surface area contributed by atoms with Crippen LogP contribution in [-0.4, -0.2) is 38.9 Å². The van der Waals surface area contributed by atoms with Crippen molar-refractivity contribution in [3.63, 3.8) is 0 Å². The monoisotopic (exact) mass is 476 g/mol. The molecule has 1 atom stereocenters. The van der Waals surface area contributed by atoms with Gasteiger partial charge in [0.2, 0.25) is 0 Å². The summed E-state index contributed by atoms with van der Waals surface area (Å²) in [5.74, 6) is 0.925. The third kappa shape index (κ3) is 4.75. The Bertz CT molecular complexity index is 1250. The number of carbonyl (C=O) groups is 1. The van der Waals surface area contributed by atoms with Crippen molar-refractivity contribution in [3.05, 3.63) is 53.1 Å². The fraction of sp³-hybridized carbons (Fsp3) is 0.385. The number of hydrogen-bond acceptors (Lipinski definition) is 6. The third-order valence-electron chi connectivity index (χ3n) is 5.86. The molecular weight excluding hydrogens is 448 g/mol. The van der Waals surface area contributed by atoms with Crippen LogP contribution in [0.15, 0.2) is 36.4 Å². The number of amides is 1. The lowest BCUT2D eigenvalue weighted by Crippen LogP contribution is -2.40. The highest BCUT2D eigenvalue weighted by atomic mass is 32.1. The molecule has 0 aliphatic carbocycles. The Morgan fingerprint density at radius 2 is 2.00 bits per heavy atom. The molecule has 176 valence electrons. The number of rotatable bonds is 6. The van der Waals surface area contributed by atoms with E-state index in [4.69, 9.17) is 4.74 Å². The second kappa shape index (κ2) is 9.82. The Morgan fingerprint density at radius 1 is 1.24 bits per heavy atom. The van der Waals surface area contributed by atoms with Gasteiger partial charge < -0.3 is 14.7 Å². The predicted molar refractivity (Wildman–Crippen MR) is 132 cm³/mol. The first-order valence-electron chi connectivity index (χ1n) is 11.4. The average molecular weight is 477 g/mol. The summed E-state index contributed by atoms with van der Waals surface area (Å²) in [7, 11) is 0. The zero-order valence-corrected chi connectivity index (χ0v) is 20.6. The van der Waals surface area contributed by atoms with Crippen LogP contribution in [0.3, 0.4) is 0 Å². The number of aromatic nitrogens is 2. The molecule has 4 rings (SSSR count). The maximum atomic E-state index is 11.9. The Kier molecular flexibility index (Phi) is 6.85. The van der Waals surface area contributed by atoms with Gasteiger partial charge in [-0.05, 0) is 61.9 Å². The molecule has 8 heteroatoms. The van der Waals surface area contributed by atoms with Crippen molar-refractivity contribution >= 4 is 17.4 Å². The lowest BCUT2D eigenvalue weighted by molar-refractivity contribution is 0.113. The number of fused-ring (bicyclic) bond motifs is 1. The van der Waals surface area contributed by atoms with Crippen LogP contribution in [0.25, 0.3) is 21.1 Å². The molecule has 1 aliphatic rings. The smallest absolute Gasteiger partial charge is 0.407 e. The molecule has 1 unspecified atom stereocenters. The van der Waals surface area contributed by atoms with Crippen molar-refractivity contribution in [3.8, 4) is 33.0 Å². The van der Waals surface area contributed by atoms with Crippen LogP contribution in [0.4, 0.5) is 4.79 Å². The van der Waals surface area contributed by atoms with Crippen LogP contribution >= 0.6 is 11.3 Å². The van der Waals surface area contributed by atoms with Crippen LogP contribution in [0.1, 0.15) is 56.8 Å². The van der Waals surface area contributed by atoms with Gasteiger partial charge in [-0.15, -0.1) is 10.2 Å². The molecule has 0 saturated heterocycles. The molecule has 2 heterocycles. The summed E-state index contributed by atoms with van der Waals surface area (Å²) in [6.07, 6.45) is 0.512. The Morgan fingerprint density at radius 3 is 2.68 bits per heavy atom. The summed E-state index contributed by atoms with van der Waals surface area (Å²) in [4.78, 5) is 13.4. The van der Waals surface area contributed by atoms with Gasteiger partial charge in [-0.1, -0.05) is 43.4 Å². The number of benzene rings is 2. The topological polar surface area (TPSA) is 99.3 Å². The van der Waals surface area contributed by atoms with Gasteiger partial charge in [0.1, 0.15) is 21.8 Å². The van der Waals surface area contributed by atoms with E-state index in [2.05, 4.69) is 30.1 Å². The lowest BCUT2D eigenvalue weighted by atomic mass is 9.85. The van der Waals surface area contributed by atoms with Crippen molar-refractivity contribution in [1.29, 1.82) is 5.26 Å². The molecule has 7 nitrogen and oxygen atoms in total. The van der Waals surface area contributed by atoms with Gasteiger partial charge in [0.15, 0.2) is 0 Å². The summed E-state index contributed by atoms with van der Waals surface area (Å²) in [6.45, 7) is 8.54. The van der Waals surface area contributed by atoms with Gasteiger partial charge in [0, 0.05) is 17.7 Å². The van der Waals surface area contributed by atoms with Gasteiger partial charge in [-0.25, -0.2) is 4.79 Å². The van der Waals surface area contributed by atoms with E-state index in [1.165, 1.54) is 11.3 Å². The molecular formula is C26H28N4O3S. The molecule has 3 aromatic rings. The van der Waals surface area contributed by atoms with Gasteiger partial charge in [0.25, 0.3) is 0 Å². The fourth-order valence-corrected chi connectivity index (χ4v) is 5.33. The van der Waals surface area contributed by atoms with E-state index in [-0.39, 0.29) is 12.1 Å². The number of nitrogens with zero attached hydrogens (tertiary/aromatic N) is 4. The van der Waals surface area contributed by atoms with E-state index < -0.39 is 6.09 Å². The fourth-order valence-electron chi connectivity index (χ4n) is 4.44. The average Bonchev–Trinajstić information content (AvgIpc) is 3.28. The molecule has 1 aromatic heterocycles. The van der Waals surface area contributed by atoms with Gasteiger partial charge in [0.05, 0.1) is 17.7 Å². The van der Waals surface area contributed by atoms with Gasteiger partial charge in [-0.2, -0.15) is 5.26 Å². The summed E-state index contributed by atoms with van der Waals surface area (Å²) < 4.78 is 5.73. The third-order valence-corrected chi connectivity index (χ3v) is 6.86. The highest BCUT2D eigenvalue weighted by Gasteiger charge is 2.32. The molecule has 0 spiro atoms. The lowest BCUT2D eigenvalue weighted by Gasteiger charge is -2.37. The van der Waals surface area contributed by atoms with Crippen molar-refractivity contribution in [2.24, 2.45) is 5.92 Å². The highest BCUT2D eigenvalue weighted by Crippen LogP contribution is 2.41. The second-order valence-electron chi connectivity index (χ2n) is 9.15. The van der Waals surface area contributed by atoms with Crippen LogP contribution < -0.4 is 4.74 Å². The summed E-state index contributed by atoms with van der Waals surface area (Å²) in [5.41, 5.74) is 4.48. The Hall–Kier alpha value is -3.44. The first kappa shape index (κ1) is 23.7. The Labute approximate surface area is 203 Å². The van der Waals surface area contributed by atoms with Crippen LogP contribution in [-0.2, 0) is 6.42 Å². The predicted octanol–water partition coefficient (Wildman–Crippen LogP) is 6.15. The molecule has 0 saturated carbocycles. The van der Waals surface area contributed by atoms with E-state index in [1.807, 2.05) is 38.1 Å². The first-order chi connectivity index (χ1) is 16.3. The molecule has 1 amide bonds. The van der Waals surface area contributed by atoms with E-state index in [9.17, 15) is 15.2 Å². The second-order valence-corrected chi connectivity index (χ2v) is 10.1. The normalized spacial score (nSPS) is 15.3. The SMILES string of the molecule is CC(C)CC1c2cccc(-c3nnc(-c4ccc(OC(C)C)c(C#N)c4)s3)c2CCN1C(=O)O. The van der Waals surface area contributed by atoms with E-state index in [0.29, 0.717) is 30.2 Å². The number of hydrogen-bond donors (Lipinski definition) is 1. The number of nitriles is 1. The minimum absolute atomic E-state index is 0.0214. The largest absolute Gasteiger partial charge is 0.490 e. The maximum absolute atomic E-state index is 11.9. The Balaban J connectivity index is 1.70. The number of ether oxygens (including phenoxy) is 1. The molecule has 0 radical (unpaired) electrons. The molecule has 0 bridgehead atoms. The quantitative estimate of drug-likeness (QED) is 0.458. The van der Waals surface area contributed by atoms with E-state index in [1.54, 1.807) is 17.0 Å². The minimum Gasteiger partial charge on any atom is -0.490 e. The van der Waals surface area contributed by atoms with Crippen molar-refractivity contribution < 1.29 is 14.6 Å². The molecule has 1 N–H and O–H groups in total. The summed E-state index contributed by atoms with van der Waals surface area (Å²) in [6, 6.07) is 13.6. The summed E-state index contributed by atoms with van der Waals surface area (Å²) >= 11 is 1.47. The zero-order valence-electron chi connectivity index (χ0n) is 19.8. The zero-order chi connectivity index (χ0) is 24.4. The van der Waals surface area contributed by atoms with Crippen molar-refractivity contribution in [2.75, 3.05) is 6.54 Å². The van der Waals surface area contributed by atoms with Crippen molar-refractivity contribution in [2.45, 2.75) is 52.7 Å². The van der Waals surface area contributed by atoms with E-state index >= 15 is 0 Å². The summed E-state index contributed by atoms with van der Waals surface area (Å²) in [5, 5.41) is 29.7. The molecule has 2 aromatic carbocycles. The standard InChI is InChI=1S/C26H28N4O3S/c1-15(2)12-22-20-6-5-7-21(19(20)10-11-30(22)26(31)32)25-29-28-24(34-25)17-8-9-23(33-16(3)4)18(13-17)14-27/h5-9,13,15-16,22H,10-12H2,1-4H3,(H,31,32). The van der Waals surface area contributed by atoms with Crippen LogP contribution in [0.5, 0.6) is 5.75 Å². The van der Waals surface area contributed by atoms with Gasteiger partial charge >= 0.3 is 6.09 Å². The molecule has 0 fully saturated rings. The molecule has 34 heavy (non-hydrogen) atoms. The number of carboxylic acid groups (broad SMARTS) is 1. The first-order valence-corrected chi connectivity index (χ1v) is 12.3. The van der Waals surface area contributed by atoms with Crippen LogP contribution in [0.2, 0.25) is 0 Å². The minimum atomic E-state index is -0.877. The maximum Gasteiger partial charge on any atom is 0.407 e. The molecule has 1 aliphatic heterocycles. The van der Waals surface area contributed by atoms with Crippen LogP contribution in [0, 0.1) is 17.2 Å². The van der Waals surface area contributed by atoms with Gasteiger partial charge in [-0.3, -0.25) is 0 Å².